The number of aliphatic hydroxyl groups is 7. The predicted octanol–water partition coefficient (Wildman–Crippen LogP) is 6.54. The molecule has 0 amide bonds. The summed E-state index contributed by atoms with van der Waals surface area (Å²) in [6.07, 6.45) is 21.8. The highest BCUT2D eigenvalue weighted by atomic mass is 16.7. The lowest BCUT2D eigenvalue weighted by Gasteiger charge is -2.42. The van der Waals surface area contributed by atoms with Crippen LogP contribution in [0.1, 0.15) is 174 Å². The van der Waals surface area contributed by atoms with Crippen LogP contribution in [-0.2, 0) is 38.0 Å². The van der Waals surface area contributed by atoms with Crippen LogP contribution in [0.5, 0.6) is 0 Å². The highest BCUT2D eigenvalue weighted by Crippen LogP contribution is 2.26. The number of aliphatic hydroxyl groups excluding tert-OH is 7. The summed E-state index contributed by atoms with van der Waals surface area (Å²) in [5.41, 5.74) is 0. The van der Waals surface area contributed by atoms with E-state index in [1.54, 1.807) is 0 Å². The molecule has 15 nitrogen and oxygen atoms in total. The van der Waals surface area contributed by atoms with Gasteiger partial charge in [-0.05, 0) is 32.1 Å². The molecule has 0 saturated carbocycles. The lowest BCUT2D eigenvalue weighted by Crippen LogP contribution is -2.61. The van der Waals surface area contributed by atoms with Gasteiger partial charge >= 0.3 is 11.9 Å². The van der Waals surface area contributed by atoms with Crippen molar-refractivity contribution in [3.63, 3.8) is 0 Å². The van der Waals surface area contributed by atoms with Gasteiger partial charge in [0, 0.05) is 12.8 Å². The van der Waals surface area contributed by atoms with Gasteiger partial charge in [0.2, 0.25) is 0 Å². The van der Waals surface area contributed by atoms with Gasteiger partial charge in [0.05, 0.1) is 19.8 Å². The number of unbranched alkanes of at least 4 members (excludes halogenated alkanes) is 20. The molecule has 0 radical (unpaired) electrons. The first kappa shape index (κ1) is 58.8. The van der Waals surface area contributed by atoms with Crippen molar-refractivity contribution in [1.82, 2.24) is 0 Å². The maximum atomic E-state index is 13.0. The van der Waals surface area contributed by atoms with Gasteiger partial charge in [0.15, 0.2) is 18.7 Å². The molecule has 0 aliphatic carbocycles. The lowest BCUT2D eigenvalue weighted by molar-refractivity contribution is -0.332. The number of ether oxygens (including phenoxy) is 6. The van der Waals surface area contributed by atoms with E-state index in [9.17, 15) is 45.3 Å². The second-order valence-electron chi connectivity index (χ2n) is 17.7. The Kier molecular flexibility index (Phi) is 34.1. The standard InChI is InChI=1S/C50H88O15/c1-3-5-7-9-11-13-15-17-18-19-21-22-24-26-28-30-32-41(52)60-35-38(63-42(53)33-31-29-27-25-23-20-16-14-12-10-8-6-4-2)36-61-49-48(59)46(57)44(55)40(65-49)37-62-50-47(58)45(56)43(54)39(34-51)64-50/h6,8,10,12,14,16,38-40,43-51,54-59H,3-5,7,9,11,13,15,17-37H2,1-2H3/b8-6+,12-10+,16-14+/t38?,39-,40-,43+,44+,45?,46?,47?,48?,49-,50-/m1/s1. The molecule has 2 aliphatic heterocycles. The zero-order valence-electron chi connectivity index (χ0n) is 39.7. The SMILES string of the molecule is CC/C=C/C=C/C=C/CCCCCCCC(=O)OC(COC(=O)CCCCCCCCCCCCCCCCCC)CO[C@@H]1O[C@H](CO[C@@H]2O[C@H](CO)[C@H](O)C(O)C2O)[C@H](O)C(O)C1O. The molecule has 15 heteroatoms. The minimum atomic E-state index is -1.77. The molecule has 0 spiro atoms. The average Bonchev–Trinajstić information content (AvgIpc) is 3.30. The zero-order chi connectivity index (χ0) is 47.5. The molecule has 378 valence electrons. The largest absolute Gasteiger partial charge is 0.462 e. The molecule has 2 aliphatic rings. The Morgan fingerprint density at radius 2 is 0.969 bits per heavy atom. The number of carbonyl (C=O) groups excluding carboxylic acids is 2. The van der Waals surface area contributed by atoms with Crippen LogP contribution in [0.4, 0.5) is 0 Å². The first-order valence-corrected chi connectivity index (χ1v) is 25.1. The van der Waals surface area contributed by atoms with Gasteiger partial charge in [0.25, 0.3) is 0 Å². The molecule has 2 rings (SSSR count). The third-order valence-electron chi connectivity index (χ3n) is 11.9. The molecular formula is C50H88O15. The molecule has 2 heterocycles. The Balaban J connectivity index is 1.82. The Bertz CT molecular complexity index is 1280. The third kappa shape index (κ3) is 26.2. The summed E-state index contributed by atoms with van der Waals surface area (Å²) in [6, 6.07) is 0. The van der Waals surface area contributed by atoms with Crippen LogP contribution in [0.2, 0.25) is 0 Å². The zero-order valence-corrected chi connectivity index (χ0v) is 39.7. The van der Waals surface area contributed by atoms with Gasteiger partial charge in [-0.15, -0.1) is 0 Å². The van der Waals surface area contributed by atoms with Gasteiger partial charge in [-0.25, -0.2) is 0 Å². The van der Waals surface area contributed by atoms with E-state index >= 15 is 0 Å². The van der Waals surface area contributed by atoms with Crippen molar-refractivity contribution in [2.24, 2.45) is 0 Å². The van der Waals surface area contributed by atoms with Crippen molar-refractivity contribution in [1.29, 1.82) is 0 Å². The summed E-state index contributed by atoms with van der Waals surface area (Å²) < 4.78 is 33.5. The predicted molar refractivity (Wildman–Crippen MR) is 247 cm³/mol. The van der Waals surface area contributed by atoms with Crippen LogP contribution in [0.3, 0.4) is 0 Å². The maximum absolute atomic E-state index is 13.0. The normalized spacial score (nSPS) is 26.7. The van der Waals surface area contributed by atoms with Gasteiger partial charge in [-0.3, -0.25) is 9.59 Å². The number of carbonyl (C=O) groups is 2. The van der Waals surface area contributed by atoms with Crippen molar-refractivity contribution in [3.05, 3.63) is 36.5 Å². The first-order valence-electron chi connectivity index (χ1n) is 25.1. The minimum absolute atomic E-state index is 0.143. The van der Waals surface area contributed by atoms with Crippen LogP contribution in [0.15, 0.2) is 36.5 Å². The van der Waals surface area contributed by atoms with Gasteiger partial charge in [0.1, 0.15) is 55.4 Å². The van der Waals surface area contributed by atoms with Crippen LogP contribution < -0.4 is 0 Å². The summed E-state index contributed by atoms with van der Waals surface area (Å²) in [5.74, 6) is -0.945. The molecular weight excluding hydrogens is 841 g/mol. The lowest BCUT2D eigenvalue weighted by atomic mass is 9.98. The molecule has 2 saturated heterocycles. The summed E-state index contributed by atoms with van der Waals surface area (Å²) >= 11 is 0. The quantitative estimate of drug-likeness (QED) is 0.0198. The van der Waals surface area contributed by atoms with Gasteiger partial charge < -0.3 is 64.2 Å². The Morgan fingerprint density at radius 1 is 0.508 bits per heavy atom. The fraction of sp³-hybridized carbons (Fsp3) is 0.840. The topological polar surface area (TPSA) is 231 Å². The molecule has 7 N–H and O–H groups in total. The van der Waals surface area contributed by atoms with E-state index in [1.807, 2.05) is 24.3 Å². The molecule has 5 unspecified atom stereocenters. The maximum Gasteiger partial charge on any atom is 0.306 e. The van der Waals surface area contributed by atoms with Crippen molar-refractivity contribution in [3.8, 4) is 0 Å². The fourth-order valence-corrected chi connectivity index (χ4v) is 7.80. The highest BCUT2D eigenvalue weighted by molar-refractivity contribution is 5.70. The van der Waals surface area contributed by atoms with Crippen LogP contribution >= 0.6 is 0 Å². The van der Waals surface area contributed by atoms with Gasteiger partial charge in [-0.1, -0.05) is 166 Å². The van der Waals surface area contributed by atoms with E-state index in [4.69, 9.17) is 28.4 Å². The number of allylic oxidation sites excluding steroid dienone is 6. The van der Waals surface area contributed by atoms with E-state index in [1.165, 1.54) is 77.0 Å². The van der Waals surface area contributed by atoms with Crippen LogP contribution in [0, 0.1) is 0 Å². The molecule has 0 bridgehead atoms. The van der Waals surface area contributed by atoms with E-state index in [0.29, 0.717) is 12.8 Å². The van der Waals surface area contributed by atoms with E-state index in [0.717, 1.165) is 57.8 Å². The Labute approximate surface area is 389 Å². The smallest absolute Gasteiger partial charge is 0.306 e. The first-order chi connectivity index (χ1) is 31.5. The second kappa shape index (κ2) is 37.7. The molecule has 11 atom stereocenters. The van der Waals surface area contributed by atoms with Crippen molar-refractivity contribution < 1.29 is 73.8 Å². The summed E-state index contributed by atoms with van der Waals surface area (Å²) in [5, 5.41) is 72.0. The fourth-order valence-electron chi connectivity index (χ4n) is 7.80. The number of hydrogen-bond donors (Lipinski definition) is 7. The van der Waals surface area contributed by atoms with Crippen LogP contribution in [-0.4, -0.2) is 142 Å². The molecule has 0 aromatic heterocycles. The summed E-state index contributed by atoms with van der Waals surface area (Å²) in [6.45, 7) is 2.44. The summed E-state index contributed by atoms with van der Waals surface area (Å²) in [4.78, 5) is 25.7. The number of esters is 2. The van der Waals surface area contributed by atoms with Crippen molar-refractivity contribution >= 4 is 11.9 Å². The molecule has 0 aromatic rings. The van der Waals surface area contributed by atoms with Crippen LogP contribution in [0.25, 0.3) is 0 Å². The Morgan fingerprint density at radius 3 is 1.51 bits per heavy atom. The minimum Gasteiger partial charge on any atom is -0.462 e. The number of rotatable bonds is 38. The highest BCUT2D eigenvalue weighted by Gasteiger charge is 2.47. The van der Waals surface area contributed by atoms with Crippen molar-refractivity contribution in [2.45, 2.75) is 242 Å². The number of hydrogen-bond acceptors (Lipinski definition) is 15. The molecule has 65 heavy (non-hydrogen) atoms. The molecule has 2 fully saturated rings. The Hall–Kier alpha value is -2.28. The monoisotopic (exact) mass is 929 g/mol. The summed E-state index contributed by atoms with van der Waals surface area (Å²) in [7, 11) is 0. The van der Waals surface area contributed by atoms with E-state index in [2.05, 4.69) is 26.0 Å². The molecule has 0 aromatic carbocycles. The second-order valence-corrected chi connectivity index (χ2v) is 17.7. The average molecular weight is 929 g/mol. The van der Waals surface area contributed by atoms with Crippen molar-refractivity contribution in [2.75, 3.05) is 26.4 Å². The van der Waals surface area contributed by atoms with E-state index in [-0.39, 0.29) is 26.1 Å². The third-order valence-corrected chi connectivity index (χ3v) is 11.9. The van der Waals surface area contributed by atoms with E-state index < -0.39 is 92.7 Å². The van der Waals surface area contributed by atoms with Gasteiger partial charge in [-0.2, -0.15) is 0 Å².